The summed E-state index contributed by atoms with van der Waals surface area (Å²) in [6.45, 7) is 1.42. The van der Waals surface area contributed by atoms with Crippen LogP contribution in [0, 0.1) is 0 Å². The van der Waals surface area contributed by atoms with Crippen molar-refractivity contribution < 1.29 is 19.1 Å². The number of amides is 1. The fraction of sp³-hybridized carbons (Fsp3) is 0.200. The van der Waals surface area contributed by atoms with Crippen molar-refractivity contribution in [1.29, 1.82) is 0 Å². The molecule has 0 saturated heterocycles. The van der Waals surface area contributed by atoms with Crippen LogP contribution in [0.15, 0.2) is 63.8 Å². The Balaban J connectivity index is 1.73. The van der Waals surface area contributed by atoms with Gasteiger partial charge in [0.15, 0.2) is 6.61 Å². The van der Waals surface area contributed by atoms with Crippen LogP contribution in [0.1, 0.15) is 6.92 Å². The Labute approximate surface area is 150 Å². The Hall–Kier alpha value is -3.12. The zero-order valence-electron chi connectivity index (χ0n) is 14.3. The van der Waals surface area contributed by atoms with Gasteiger partial charge in [-0.3, -0.25) is 4.79 Å². The molecule has 0 aliphatic rings. The van der Waals surface area contributed by atoms with Gasteiger partial charge < -0.3 is 19.6 Å². The largest absolute Gasteiger partial charge is 0.484 e. The van der Waals surface area contributed by atoms with Gasteiger partial charge in [0, 0.05) is 11.4 Å². The third kappa shape index (κ3) is 4.10. The number of hydrogen-bond donors (Lipinski definition) is 2. The number of aliphatic hydroxyl groups excluding tert-OH is 1. The first-order valence-corrected chi connectivity index (χ1v) is 8.23. The lowest BCUT2D eigenvalue weighted by atomic mass is 10.1. The van der Waals surface area contributed by atoms with Crippen LogP contribution in [0.4, 0.5) is 0 Å². The Morgan fingerprint density at radius 1 is 1.19 bits per heavy atom. The molecular weight excluding hydrogens is 334 g/mol. The van der Waals surface area contributed by atoms with Crippen molar-refractivity contribution in [2.24, 2.45) is 0 Å². The van der Waals surface area contributed by atoms with Crippen LogP contribution in [-0.2, 0) is 4.79 Å². The molecule has 0 spiro atoms. The van der Waals surface area contributed by atoms with Gasteiger partial charge in [-0.25, -0.2) is 4.79 Å². The second-order valence-corrected chi connectivity index (χ2v) is 5.95. The molecule has 0 bridgehead atoms. The molecule has 134 valence electrons. The Bertz CT molecular complexity index is 962. The van der Waals surface area contributed by atoms with Gasteiger partial charge in [-0.2, -0.15) is 0 Å². The van der Waals surface area contributed by atoms with Gasteiger partial charge >= 0.3 is 5.63 Å². The molecule has 0 saturated carbocycles. The van der Waals surface area contributed by atoms with Crippen LogP contribution in [0.2, 0.25) is 0 Å². The van der Waals surface area contributed by atoms with Crippen molar-refractivity contribution in [2.45, 2.75) is 13.0 Å². The smallest absolute Gasteiger partial charge is 0.344 e. The fourth-order valence-corrected chi connectivity index (χ4v) is 2.50. The minimum atomic E-state index is -0.408. The van der Waals surface area contributed by atoms with E-state index < -0.39 is 5.63 Å². The summed E-state index contributed by atoms with van der Waals surface area (Å²) in [5.41, 5.74) is 1.30. The van der Waals surface area contributed by atoms with E-state index in [1.807, 2.05) is 18.2 Å². The summed E-state index contributed by atoms with van der Waals surface area (Å²) in [6, 6.07) is 15.7. The summed E-state index contributed by atoms with van der Waals surface area (Å²) in [5.74, 6) is 0.191. The third-order valence-electron chi connectivity index (χ3n) is 3.86. The molecule has 3 rings (SSSR count). The molecule has 6 heteroatoms. The molecule has 6 nitrogen and oxygen atoms in total. The summed E-state index contributed by atoms with van der Waals surface area (Å²) >= 11 is 0. The summed E-state index contributed by atoms with van der Waals surface area (Å²) < 4.78 is 10.8. The first-order chi connectivity index (χ1) is 12.6. The second kappa shape index (κ2) is 7.84. The molecule has 0 radical (unpaired) electrons. The number of aliphatic hydroxyl groups is 1. The maximum absolute atomic E-state index is 12.2. The maximum atomic E-state index is 12.2. The van der Waals surface area contributed by atoms with E-state index in [2.05, 4.69) is 5.32 Å². The van der Waals surface area contributed by atoms with E-state index in [4.69, 9.17) is 14.3 Å². The van der Waals surface area contributed by atoms with Crippen molar-refractivity contribution in [3.8, 4) is 16.9 Å². The van der Waals surface area contributed by atoms with E-state index >= 15 is 0 Å². The van der Waals surface area contributed by atoms with Crippen LogP contribution >= 0.6 is 0 Å². The normalized spacial score (nSPS) is 11.9. The Kier molecular flexibility index (Phi) is 5.34. The molecule has 0 unspecified atom stereocenters. The lowest BCUT2D eigenvalue weighted by molar-refractivity contribution is -0.123. The highest BCUT2D eigenvalue weighted by molar-refractivity contribution is 5.81. The highest BCUT2D eigenvalue weighted by Crippen LogP contribution is 2.23. The minimum absolute atomic E-state index is 0.130. The SMILES string of the molecule is C[C@@H](CO)NC(=O)COc1ccc(-c2cc3ccccc3oc2=O)cc1. The lowest BCUT2D eigenvalue weighted by Crippen LogP contribution is -2.38. The first kappa shape index (κ1) is 17.7. The van der Waals surface area contributed by atoms with E-state index in [9.17, 15) is 9.59 Å². The van der Waals surface area contributed by atoms with E-state index in [1.54, 1.807) is 43.3 Å². The number of hydrogen-bond acceptors (Lipinski definition) is 5. The molecule has 1 aromatic heterocycles. The summed E-state index contributed by atoms with van der Waals surface area (Å²) in [6.07, 6.45) is 0. The highest BCUT2D eigenvalue weighted by atomic mass is 16.5. The zero-order valence-corrected chi connectivity index (χ0v) is 14.3. The van der Waals surface area contributed by atoms with Crippen LogP contribution in [-0.4, -0.2) is 30.3 Å². The van der Waals surface area contributed by atoms with Crippen LogP contribution in [0.5, 0.6) is 5.75 Å². The van der Waals surface area contributed by atoms with Crippen molar-refractivity contribution in [3.05, 3.63) is 65.0 Å². The average Bonchev–Trinajstić information content (AvgIpc) is 2.66. The summed E-state index contributed by atoms with van der Waals surface area (Å²) in [5, 5.41) is 12.3. The topological polar surface area (TPSA) is 88.8 Å². The van der Waals surface area contributed by atoms with Crippen molar-refractivity contribution in [2.75, 3.05) is 13.2 Å². The number of rotatable bonds is 6. The van der Waals surface area contributed by atoms with Gasteiger partial charge in [0.05, 0.1) is 12.2 Å². The van der Waals surface area contributed by atoms with E-state index in [0.29, 0.717) is 22.5 Å². The predicted molar refractivity (Wildman–Crippen MR) is 98.1 cm³/mol. The number of carbonyl (C=O) groups is 1. The number of para-hydroxylation sites is 1. The first-order valence-electron chi connectivity index (χ1n) is 8.23. The molecule has 1 amide bonds. The molecule has 2 aromatic carbocycles. The monoisotopic (exact) mass is 353 g/mol. The van der Waals surface area contributed by atoms with Crippen molar-refractivity contribution in [3.63, 3.8) is 0 Å². The number of fused-ring (bicyclic) bond motifs is 1. The average molecular weight is 353 g/mol. The molecule has 2 N–H and O–H groups in total. The summed E-state index contributed by atoms with van der Waals surface area (Å²) in [7, 11) is 0. The van der Waals surface area contributed by atoms with Gasteiger partial charge in [0.2, 0.25) is 0 Å². The molecule has 1 heterocycles. The minimum Gasteiger partial charge on any atom is -0.484 e. The molecule has 0 aliphatic carbocycles. The quantitative estimate of drug-likeness (QED) is 0.664. The molecule has 1 atom stereocenters. The highest BCUT2D eigenvalue weighted by Gasteiger charge is 2.09. The van der Waals surface area contributed by atoms with E-state index in [-0.39, 0.29) is 25.2 Å². The molecule has 0 aliphatic heterocycles. The van der Waals surface area contributed by atoms with Crippen LogP contribution in [0.3, 0.4) is 0 Å². The zero-order chi connectivity index (χ0) is 18.5. The number of ether oxygens (including phenoxy) is 1. The summed E-state index contributed by atoms with van der Waals surface area (Å²) in [4.78, 5) is 23.8. The predicted octanol–water partition coefficient (Wildman–Crippen LogP) is 2.34. The Morgan fingerprint density at radius 2 is 1.92 bits per heavy atom. The maximum Gasteiger partial charge on any atom is 0.344 e. The number of carbonyl (C=O) groups excluding carboxylic acids is 1. The van der Waals surface area contributed by atoms with Gasteiger partial charge in [0.1, 0.15) is 11.3 Å². The van der Waals surface area contributed by atoms with Crippen molar-refractivity contribution >= 4 is 16.9 Å². The van der Waals surface area contributed by atoms with Crippen LogP contribution in [0.25, 0.3) is 22.1 Å². The van der Waals surface area contributed by atoms with Gasteiger partial charge in [-0.15, -0.1) is 0 Å². The molecular formula is C20H19NO5. The van der Waals surface area contributed by atoms with Crippen molar-refractivity contribution in [1.82, 2.24) is 5.32 Å². The standard InChI is InChI=1S/C20H19NO5/c1-13(11-22)21-19(23)12-25-16-8-6-14(7-9-16)17-10-15-4-2-3-5-18(15)26-20(17)24/h2-10,13,22H,11-12H2,1H3,(H,21,23)/t13-/m0/s1. The molecule has 0 fully saturated rings. The van der Waals surface area contributed by atoms with E-state index in [0.717, 1.165) is 5.39 Å². The van der Waals surface area contributed by atoms with Crippen LogP contribution < -0.4 is 15.7 Å². The molecule has 26 heavy (non-hydrogen) atoms. The number of benzene rings is 2. The molecule has 3 aromatic rings. The fourth-order valence-electron chi connectivity index (χ4n) is 2.50. The van der Waals surface area contributed by atoms with E-state index in [1.165, 1.54) is 0 Å². The lowest BCUT2D eigenvalue weighted by Gasteiger charge is -2.11. The van der Waals surface area contributed by atoms with Gasteiger partial charge in [0.25, 0.3) is 5.91 Å². The van der Waals surface area contributed by atoms with Gasteiger partial charge in [-0.1, -0.05) is 30.3 Å². The Morgan fingerprint density at radius 3 is 2.65 bits per heavy atom. The third-order valence-corrected chi connectivity index (χ3v) is 3.86. The second-order valence-electron chi connectivity index (χ2n) is 5.95. The van der Waals surface area contributed by atoms with Gasteiger partial charge in [-0.05, 0) is 36.8 Å². The number of nitrogens with one attached hydrogen (secondary N) is 1.